The largest absolute Gasteiger partial charge is 0.376 e. The molecule has 0 amide bonds. The Morgan fingerprint density at radius 1 is 0.346 bits per heavy atom. The minimum Gasteiger partial charge on any atom is -0.376 e. The molecule has 0 N–H and O–H groups in total. The van der Waals surface area contributed by atoms with Crippen molar-refractivity contribution in [1.29, 1.82) is 0 Å². The normalized spacial score (nSPS) is 18.9. The minimum atomic E-state index is 0.377. The number of hydrogen-bond acceptors (Lipinski definition) is 1. The van der Waals surface area contributed by atoms with E-state index in [1.165, 1.54) is 221 Å². The van der Waals surface area contributed by atoms with E-state index in [-0.39, 0.29) is 0 Å². The van der Waals surface area contributed by atoms with E-state index in [1.54, 1.807) is 0 Å². The maximum absolute atomic E-state index is 5.72. The van der Waals surface area contributed by atoms with Crippen molar-refractivity contribution in [1.82, 2.24) is 0 Å². The second-order valence-corrected chi connectivity index (χ2v) is 34.3. The van der Waals surface area contributed by atoms with Crippen molar-refractivity contribution in [3.05, 3.63) is 70.8 Å². The van der Waals surface area contributed by atoms with Crippen molar-refractivity contribution in [2.24, 2.45) is 27.1 Å². The molecule has 4 aliphatic rings. The van der Waals surface area contributed by atoms with Crippen LogP contribution < -0.4 is 0 Å². The molecule has 4 fully saturated rings. The van der Waals surface area contributed by atoms with Crippen LogP contribution >= 0.6 is 0 Å². The summed E-state index contributed by atoms with van der Waals surface area (Å²) in [6, 6.07) is 18.4. The molecule has 0 saturated carbocycles. The highest BCUT2D eigenvalue weighted by atomic mass is 16.5. The summed E-state index contributed by atoms with van der Waals surface area (Å²) >= 11 is 0. The molecule has 6 nitrogen and oxygen atoms in total. The smallest absolute Gasteiger partial charge is 0.104 e. The van der Waals surface area contributed by atoms with E-state index in [4.69, 9.17) is 4.74 Å². The Labute approximate surface area is 489 Å². The van der Waals surface area contributed by atoms with E-state index in [0.717, 1.165) is 37.1 Å². The van der Waals surface area contributed by atoms with Gasteiger partial charge < -0.3 is 27.2 Å². The van der Waals surface area contributed by atoms with Crippen molar-refractivity contribution >= 4 is 0 Å². The summed E-state index contributed by atoms with van der Waals surface area (Å²) < 4.78 is 11.9. The molecular weight excluding hydrogens is 951 g/mol. The lowest BCUT2D eigenvalue weighted by Gasteiger charge is -2.29. The molecule has 4 heterocycles. The zero-order valence-electron chi connectivity index (χ0n) is 57.1. The second kappa shape index (κ2) is 32.9. The van der Waals surface area contributed by atoms with Crippen LogP contribution in [0.4, 0.5) is 0 Å². The summed E-state index contributed by atoms with van der Waals surface area (Å²) in [6.45, 7) is 54.0. The highest BCUT2D eigenvalue weighted by Gasteiger charge is 2.29. The van der Waals surface area contributed by atoms with E-state index < -0.39 is 0 Å². The lowest BCUT2D eigenvalue weighted by molar-refractivity contribution is -0.910. The zero-order chi connectivity index (χ0) is 59.0. The third-order valence-electron chi connectivity index (χ3n) is 17.1. The third kappa shape index (κ3) is 37.3. The number of nitrogens with zero attached hydrogens (tertiary/aromatic N) is 5. The lowest BCUT2D eigenvalue weighted by Crippen LogP contribution is -2.43. The Morgan fingerprint density at radius 2 is 0.654 bits per heavy atom. The number of hydrogen-bond donors (Lipinski definition) is 0. The molecule has 0 unspecified atom stereocenters. The highest BCUT2D eigenvalue weighted by Crippen LogP contribution is 2.27. The van der Waals surface area contributed by atoms with Crippen molar-refractivity contribution in [3.63, 3.8) is 0 Å². The van der Waals surface area contributed by atoms with E-state index in [0.29, 0.717) is 27.1 Å². The maximum Gasteiger partial charge on any atom is 0.104 e. The van der Waals surface area contributed by atoms with Crippen molar-refractivity contribution in [2.75, 3.05) is 135 Å². The maximum atomic E-state index is 5.72. The van der Waals surface area contributed by atoms with Gasteiger partial charge in [0.05, 0.1) is 121 Å². The minimum absolute atomic E-state index is 0.377. The van der Waals surface area contributed by atoms with Crippen LogP contribution in [-0.2, 0) is 30.7 Å². The Kier molecular flexibility index (Phi) is 30.5. The summed E-state index contributed by atoms with van der Waals surface area (Å²) in [5.41, 5.74) is 8.06. The summed E-state index contributed by atoms with van der Waals surface area (Å²) in [5, 5.41) is 0. The van der Waals surface area contributed by atoms with Crippen molar-refractivity contribution in [3.8, 4) is 0 Å². The zero-order valence-corrected chi connectivity index (χ0v) is 57.1. The first-order chi connectivity index (χ1) is 35.8. The van der Waals surface area contributed by atoms with Gasteiger partial charge in [0.1, 0.15) is 19.6 Å². The summed E-state index contributed by atoms with van der Waals surface area (Å²) in [7, 11) is 16.3. The summed E-state index contributed by atoms with van der Waals surface area (Å²) in [6.07, 6.45) is 24.8. The van der Waals surface area contributed by atoms with Gasteiger partial charge in [-0.15, -0.1) is 0 Å². The van der Waals surface area contributed by atoms with E-state index in [1.807, 2.05) is 0 Å². The number of likely N-dealkylation sites (N-methyl/N-ethyl adjacent to an activating group) is 1. The Hall–Kier alpha value is -1.80. The molecule has 0 aliphatic carbocycles. The lowest BCUT2D eigenvalue weighted by atomic mass is 9.88. The molecule has 4 aliphatic heterocycles. The Balaban J connectivity index is 0.000000334. The van der Waals surface area contributed by atoms with Crippen LogP contribution in [0, 0.1) is 27.1 Å². The number of unbranched alkanes of at least 4 members (excludes halogenated alkanes) is 3. The first kappa shape index (κ1) is 72.3. The van der Waals surface area contributed by atoms with Gasteiger partial charge in [-0.05, 0) is 96.0 Å². The molecular formula is C72H140N5O+5. The first-order valence-electron chi connectivity index (χ1n) is 32.6. The molecule has 2 aromatic carbocycles. The molecule has 6 heteroatoms. The highest BCUT2D eigenvalue weighted by molar-refractivity contribution is 5.23. The van der Waals surface area contributed by atoms with Gasteiger partial charge in [0.15, 0.2) is 0 Å². The van der Waals surface area contributed by atoms with Crippen molar-refractivity contribution in [2.45, 2.75) is 233 Å². The molecule has 0 spiro atoms. The number of benzene rings is 2. The average molecular weight is 1090 g/mol. The first-order valence-corrected chi connectivity index (χ1v) is 32.6. The van der Waals surface area contributed by atoms with Gasteiger partial charge >= 0.3 is 0 Å². The quantitative estimate of drug-likeness (QED) is 0.0948. The van der Waals surface area contributed by atoms with Gasteiger partial charge in [-0.25, -0.2) is 0 Å². The van der Waals surface area contributed by atoms with Crippen LogP contribution in [0.25, 0.3) is 0 Å². The molecule has 6 rings (SSSR count). The molecule has 0 aromatic heterocycles. The molecule has 0 radical (unpaired) electrons. The predicted molar refractivity (Wildman–Crippen MR) is 346 cm³/mol. The molecule has 0 atom stereocenters. The van der Waals surface area contributed by atoms with Crippen LogP contribution in [0.2, 0.25) is 0 Å². The Bertz CT molecular complexity index is 1760. The number of ether oxygens (including phenoxy) is 1. The van der Waals surface area contributed by atoms with Crippen LogP contribution in [0.15, 0.2) is 48.5 Å². The fourth-order valence-electron chi connectivity index (χ4n) is 12.2. The molecule has 0 bridgehead atoms. The van der Waals surface area contributed by atoms with Gasteiger partial charge in [-0.2, -0.15) is 0 Å². The topological polar surface area (TPSA) is 9.23 Å². The Morgan fingerprint density at radius 3 is 1.00 bits per heavy atom. The predicted octanol–water partition coefficient (Wildman–Crippen LogP) is 17.5. The molecule has 78 heavy (non-hydrogen) atoms. The fraction of sp³-hybridized carbons (Fsp3) is 0.833. The van der Waals surface area contributed by atoms with Crippen LogP contribution in [0.1, 0.15) is 229 Å². The van der Waals surface area contributed by atoms with Crippen LogP contribution in [0.3, 0.4) is 0 Å². The molecule has 454 valence electrons. The number of quaternary nitrogens is 5. The van der Waals surface area contributed by atoms with Gasteiger partial charge in [0.25, 0.3) is 0 Å². The molecule has 4 saturated heterocycles. The van der Waals surface area contributed by atoms with E-state index in [2.05, 4.69) is 202 Å². The van der Waals surface area contributed by atoms with Gasteiger partial charge in [-0.3, -0.25) is 0 Å². The van der Waals surface area contributed by atoms with Crippen LogP contribution in [-0.4, -0.2) is 157 Å². The van der Waals surface area contributed by atoms with Gasteiger partial charge in [0.2, 0.25) is 0 Å². The summed E-state index contributed by atoms with van der Waals surface area (Å²) in [5.74, 6) is 0. The molecule has 2 aromatic rings. The van der Waals surface area contributed by atoms with Gasteiger partial charge in [-0.1, -0.05) is 159 Å². The summed E-state index contributed by atoms with van der Waals surface area (Å²) in [4.78, 5) is 0. The van der Waals surface area contributed by atoms with E-state index >= 15 is 0 Å². The SMILES string of the molecule is CC(C)(C)CCCCC[N+]1(C)CCCC1.CC(C)(C)CCCC[N+]1(C)CCCC1.CC(C)(C)CCOCC[N+]1(C)CCCC1.CC(C)(C)Cc1ccc(C[N+](C)(C)C)cc1.CC(C)(C)Cc1ccc(C[N+]2(C)CCCC2)cc1. The third-order valence-corrected chi connectivity index (χ3v) is 17.1. The average Bonchev–Trinajstić information content (AvgIpc) is 4.12. The van der Waals surface area contributed by atoms with Crippen molar-refractivity contribution < 1.29 is 27.2 Å². The van der Waals surface area contributed by atoms with Gasteiger partial charge in [0, 0.05) is 69.1 Å². The number of rotatable bonds is 20. The monoisotopic (exact) mass is 1090 g/mol. The van der Waals surface area contributed by atoms with Crippen LogP contribution in [0.5, 0.6) is 0 Å². The fourth-order valence-corrected chi connectivity index (χ4v) is 12.2. The standard InChI is InChI=1S/C17H28N.C15H26N.C14H30N.C13H28NO.C13H28N/c1-17(2,3)13-15-7-9-16(10-8-15)14-18(4)11-5-6-12-18;1-15(2,3)11-13-7-9-14(10-8-13)12-16(4,5)6;1-14(2,3)10-6-5-7-11-15(4)12-8-9-13-15;1-13(2,3)7-11-15-12-10-14(4)8-5-6-9-14;1-13(2,3)9-5-6-10-14(4)11-7-8-12-14/h7-10H,5-6,11-14H2,1-4H3;7-10H,11-12H2,1-6H3;5-13H2,1-4H3;5-12H2,1-4H3;5-12H2,1-4H3/q5*+1. The number of likely N-dealkylation sites (tertiary alicyclic amines) is 4. The van der Waals surface area contributed by atoms with E-state index in [9.17, 15) is 0 Å². The second-order valence-electron chi connectivity index (χ2n) is 34.3.